The minimum absolute atomic E-state index is 0.755. The molecule has 0 spiro atoms. The number of nitrogens with zero attached hydrogens (tertiary/aromatic N) is 3. The summed E-state index contributed by atoms with van der Waals surface area (Å²) in [6.07, 6.45) is 3.45. The summed E-state index contributed by atoms with van der Waals surface area (Å²) in [6.45, 7) is 3.34. The molecular weight excluding hydrogens is 244 g/mol. The molecule has 1 aliphatic rings. The second-order valence-electron chi connectivity index (χ2n) is 3.69. The molecule has 76 valence electrons. The summed E-state index contributed by atoms with van der Waals surface area (Å²) in [7, 11) is 2.13. The SMILES string of the molecule is CN1CC(CNc2cnc(Br)cn2)C1. The number of aromatic nitrogens is 2. The van der Waals surface area contributed by atoms with Gasteiger partial charge < -0.3 is 10.2 Å². The summed E-state index contributed by atoms with van der Waals surface area (Å²) in [5.41, 5.74) is 0. The van der Waals surface area contributed by atoms with Gasteiger partial charge in [-0.2, -0.15) is 0 Å². The van der Waals surface area contributed by atoms with Crippen LogP contribution in [-0.2, 0) is 0 Å². The first kappa shape index (κ1) is 9.86. The Morgan fingerprint density at radius 3 is 2.86 bits per heavy atom. The van der Waals surface area contributed by atoms with Crippen molar-refractivity contribution in [3.05, 3.63) is 17.0 Å². The van der Waals surface area contributed by atoms with E-state index in [1.165, 1.54) is 13.1 Å². The first-order valence-corrected chi connectivity index (χ1v) is 5.43. The number of halogens is 1. The number of hydrogen-bond acceptors (Lipinski definition) is 4. The van der Waals surface area contributed by atoms with Gasteiger partial charge in [0.2, 0.25) is 0 Å². The van der Waals surface area contributed by atoms with Gasteiger partial charge in [0.1, 0.15) is 10.4 Å². The molecule has 0 bridgehead atoms. The van der Waals surface area contributed by atoms with E-state index in [9.17, 15) is 0 Å². The first-order valence-electron chi connectivity index (χ1n) is 4.64. The predicted octanol–water partition coefficient (Wildman–Crippen LogP) is 1.21. The molecule has 14 heavy (non-hydrogen) atoms. The smallest absolute Gasteiger partial charge is 0.144 e. The third-order valence-corrected chi connectivity index (χ3v) is 2.74. The molecule has 0 saturated carbocycles. The van der Waals surface area contributed by atoms with E-state index in [0.29, 0.717) is 0 Å². The van der Waals surface area contributed by atoms with Crippen LogP contribution < -0.4 is 5.32 Å². The predicted molar refractivity (Wildman–Crippen MR) is 59.2 cm³/mol. The zero-order valence-corrected chi connectivity index (χ0v) is 9.66. The molecule has 1 aromatic heterocycles. The molecule has 4 nitrogen and oxygen atoms in total. The van der Waals surface area contributed by atoms with Gasteiger partial charge in [0.15, 0.2) is 0 Å². The van der Waals surface area contributed by atoms with Crippen molar-refractivity contribution in [2.75, 3.05) is 32.0 Å². The average molecular weight is 257 g/mol. The Bertz CT molecular complexity index is 294. The maximum absolute atomic E-state index is 4.19. The van der Waals surface area contributed by atoms with Gasteiger partial charge in [-0.25, -0.2) is 9.97 Å². The third-order valence-electron chi connectivity index (χ3n) is 2.33. The van der Waals surface area contributed by atoms with Crippen LogP contribution in [0.5, 0.6) is 0 Å². The molecule has 0 aliphatic carbocycles. The lowest BCUT2D eigenvalue weighted by atomic mass is 10.0. The van der Waals surface area contributed by atoms with Crippen LogP contribution in [0.25, 0.3) is 0 Å². The fourth-order valence-electron chi connectivity index (χ4n) is 1.61. The quantitative estimate of drug-likeness (QED) is 0.883. The first-order chi connectivity index (χ1) is 6.74. The van der Waals surface area contributed by atoms with Crippen molar-refractivity contribution < 1.29 is 0 Å². The van der Waals surface area contributed by atoms with Crippen LogP contribution in [0.2, 0.25) is 0 Å². The highest BCUT2D eigenvalue weighted by Crippen LogP contribution is 2.13. The minimum atomic E-state index is 0.755. The van der Waals surface area contributed by atoms with Crippen molar-refractivity contribution in [2.24, 2.45) is 5.92 Å². The van der Waals surface area contributed by atoms with Crippen molar-refractivity contribution >= 4 is 21.7 Å². The lowest BCUT2D eigenvalue weighted by Crippen LogP contribution is -2.46. The maximum atomic E-state index is 4.19. The molecule has 1 N–H and O–H groups in total. The van der Waals surface area contributed by atoms with E-state index in [-0.39, 0.29) is 0 Å². The van der Waals surface area contributed by atoms with Crippen molar-refractivity contribution in [1.82, 2.24) is 14.9 Å². The van der Waals surface area contributed by atoms with Crippen LogP contribution in [0.4, 0.5) is 5.82 Å². The Kier molecular flexibility index (Phi) is 2.98. The van der Waals surface area contributed by atoms with E-state index >= 15 is 0 Å². The number of hydrogen-bond donors (Lipinski definition) is 1. The van der Waals surface area contributed by atoms with Crippen LogP contribution in [0.1, 0.15) is 0 Å². The van der Waals surface area contributed by atoms with Gasteiger partial charge in [0, 0.05) is 25.6 Å². The van der Waals surface area contributed by atoms with E-state index < -0.39 is 0 Å². The Morgan fingerprint density at radius 2 is 2.29 bits per heavy atom. The van der Waals surface area contributed by atoms with E-state index in [1.54, 1.807) is 12.4 Å². The van der Waals surface area contributed by atoms with Crippen LogP contribution in [0, 0.1) is 5.92 Å². The lowest BCUT2D eigenvalue weighted by Gasteiger charge is -2.36. The van der Waals surface area contributed by atoms with Crippen molar-refractivity contribution in [3.8, 4) is 0 Å². The highest BCUT2D eigenvalue weighted by molar-refractivity contribution is 9.10. The highest BCUT2D eigenvalue weighted by atomic mass is 79.9. The fraction of sp³-hybridized carbons (Fsp3) is 0.556. The maximum Gasteiger partial charge on any atom is 0.144 e. The summed E-state index contributed by atoms with van der Waals surface area (Å²) in [5, 5.41) is 3.27. The van der Waals surface area contributed by atoms with Crippen LogP contribution in [0.15, 0.2) is 17.0 Å². The van der Waals surface area contributed by atoms with Gasteiger partial charge in [-0.15, -0.1) is 0 Å². The van der Waals surface area contributed by atoms with Gasteiger partial charge in [-0.3, -0.25) is 0 Å². The van der Waals surface area contributed by atoms with E-state index in [0.717, 1.165) is 22.9 Å². The number of anilines is 1. The lowest BCUT2D eigenvalue weighted by molar-refractivity contribution is 0.144. The topological polar surface area (TPSA) is 41.0 Å². The number of likely N-dealkylation sites (tertiary alicyclic amines) is 1. The molecule has 0 amide bonds. The van der Waals surface area contributed by atoms with Gasteiger partial charge in [-0.1, -0.05) is 0 Å². The highest BCUT2D eigenvalue weighted by Gasteiger charge is 2.22. The van der Waals surface area contributed by atoms with Gasteiger partial charge >= 0.3 is 0 Å². The Balaban J connectivity index is 1.78. The Labute approximate surface area is 91.9 Å². The molecule has 2 heterocycles. The van der Waals surface area contributed by atoms with Gasteiger partial charge in [0.05, 0.1) is 12.4 Å². The van der Waals surface area contributed by atoms with Crippen molar-refractivity contribution in [3.63, 3.8) is 0 Å². The second-order valence-corrected chi connectivity index (χ2v) is 4.50. The molecule has 0 atom stereocenters. The van der Waals surface area contributed by atoms with Crippen LogP contribution >= 0.6 is 15.9 Å². The molecule has 1 saturated heterocycles. The van der Waals surface area contributed by atoms with Gasteiger partial charge in [-0.05, 0) is 23.0 Å². The molecule has 1 aromatic rings. The molecule has 0 aromatic carbocycles. The standard InChI is InChI=1S/C9H13BrN4/c1-14-5-7(6-14)2-12-9-4-11-8(10)3-13-9/h3-4,7H,2,5-6H2,1H3,(H,12,13). The zero-order chi connectivity index (χ0) is 9.97. The number of nitrogens with one attached hydrogen (secondary N) is 1. The average Bonchev–Trinajstić information content (AvgIpc) is 2.13. The number of rotatable bonds is 3. The summed E-state index contributed by atoms with van der Waals surface area (Å²) in [4.78, 5) is 10.6. The van der Waals surface area contributed by atoms with E-state index in [1.807, 2.05) is 0 Å². The molecule has 1 aliphatic heterocycles. The molecule has 0 radical (unpaired) electrons. The van der Waals surface area contributed by atoms with Gasteiger partial charge in [0.25, 0.3) is 0 Å². The van der Waals surface area contributed by atoms with E-state index in [4.69, 9.17) is 0 Å². The monoisotopic (exact) mass is 256 g/mol. The third kappa shape index (κ3) is 2.42. The summed E-state index contributed by atoms with van der Waals surface area (Å²) < 4.78 is 0.770. The van der Waals surface area contributed by atoms with Crippen LogP contribution in [0.3, 0.4) is 0 Å². The van der Waals surface area contributed by atoms with E-state index in [2.05, 4.69) is 43.2 Å². The second kappa shape index (κ2) is 4.23. The zero-order valence-electron chi connectivity index (χ0n) is 8.07. The fourth-order valence-corrected chi connectivity index (χ4v) is 1.81. The largest absolute Gasteiger partial charge is 0.368 e. The van der Waals surface area contributed by atoms with Crippen molar-refractivity contribution in [2.45, 2.75) is 0 Å². The molecule has 2 rings (SSSR count). The molecule has 1 fully saturated rings. The summed E-state index contributed by atoms with van der Waals surface area (Å²) >= 11 is 3.25. The molecule has 0 unspecified atom stereocenters. The van der Waals surface area contributed by atoms with Crippen molar-refractivity contribution in [1.29, 1.82) is 0 Å². The summed E-state index contributed by atoms with van der Waals surface area (Å²) in [6, 6.07) is 0. The molecule has 5 heteroatoms. The van der Waals surface area contributed by atoms with Crippen LogP contribution in [-0.4, -0.2) is 41.5 Å². The normalized spacial score (nSPS) is 17.9. The summed E-state index contributed by atoms with van der Waals surface area (Å²) in [5.74, 6) is 1.60. The molecular formula is C9H13BrN4. The Morgan fingerprint density at radius 1 is 1.50 bits per heavy atom. The Hall–Kier alpha value is -0.680. The minimum Gasteiger partial charge on any atom is -0.368 e.